The lowest BCUT2D eigenvalue weighted by Gasteiger charge is -2.43. The predicted octanol–water partition coefficient (Wildman–Crippen LogP) is 3.82. The lowest BCUT2D eigenvalue weighted by Crippen LogP contribution is -2.50. The molecule has 0 spiro atoms. The normalized spacial score (nSPS) is 19.4. The molecule has 0 fully saturated rings. The van der Waals surface area contributed by atoms with E-state index < -0.39 is 11.8 Å². The Balaban J connectivity index is 1.90. The lowest BCUT2D eigenvalue weighted by atomic mass is 9.69. The minimum absolute atomic E-state index is 0.0289. The second-order valence-corrected chi connectivity index (χ2v) is 9.36. The van der Waals surface area contributed by atoms with Crippen molar-refractivity contribution in [1.82, 2.24) is 15.4 Å². The number of hydrogen-bond donors (Lipinski definition) is 2. The van der Waals surface area contributed by atoms with Gasteiger partial charge in [-0.1, -0.05) is 43.6 Å². The molecule has 0 radical (unpaired) electrons. The fourth-order valence-corrected chi connectivity index (χ4v) is 4.77. The predicted molar refractivity (Wildman–Crippen MR) is 126 cm³/mol. The van der Waals surface area contributed by atoms with E-state index in [2.05, 4.69) is 16.5 Å². The number of hydrogen-bond acceptors (Lipinski definition) is 7. The van der Waals surface area contributed by atoms with E-state index in [-0.39, 0.29) is 33.3 Å². The fraction of sp³-hybridized carbons (Fsp3) is 0.280. The molecule has 1 aliphatic heterocycles. The monoisotopic (exact) mass is 477 g/mol. The number of benzene rings is 1. The summed E-state index contributed by atoms with van der Waals surface area (Å²) in [5.41, 5.74) is 10.8. The molecule has 3 N–H and O–H groups in total. The number of rotatable bonds is 4. The molecule has 1 aliphatic carbocycles. The maximum atomic E-state index is 13.5. The zero-order chi connectivity index (χ0) is 24.6. The minimum Gasteiger partial charge on any atom is -0.496 e. The molecule has 34 heavy (non-hydrogen) atoms. The van der Waals surface area contributed by atoms with Crippen molar-refractivity contribution in [1.29, 1.82) is 5.26 Å². The Bertz CT molecular complexity index is 1290. The Labute approximate surface area is 202 Å². The summed E-state index contributed by atoms with van der Waals surface area (Å²) >= 11 is 6.11. The third-order valence-corrected chi connectivity index (χ3v) is 6.35. The topological polar surface area (TPSA) is 121 Å². The van der Waals surface area contributed by atoms with E-state index >= 15 is 0 Å². The van der Waals surface area contributed by atoms with Gasteiger partial charge in [0.1, 0.15) is 16.7 Å². The number of ether oxygens (including phenoxy) is 1. The van der Waals surface area contributed by atoms with Crippen LogP contribution in [-0.2, 0) is 4.79 Å². The number of nitrogens with two attached hydrogens (primary N) is 1. The summed E-state index contributed by atoms with van der Waals surface area (Å²) in [5, 5.41) is 11.5. The van der Waals surface area contributed by atoms with Gasteiger partial charge < -0.3 is 10.5 Å². The van der Waals surface area contributed by atoms with Crippen LogP contribution in [0.1, 0.15) is 48.5 Å². The molecule has 4 rings (SSSR count). The number of aromatic nitrogens is 1. The van der Waals surface area contributed by atoms with E-state index in [1.54, 1.807) is 12.1 Å². The number of ketones is 1. The average molecular weight is 478 g/mol. The van der Waals surface area contributed by atoms with Crippen molar-refractivity contribution >= 4 is 23.3 Å². The summed E-state index contributed by atoms with van der Waals surface area (Å²) in [5.74, 6) is -0.805. The molecule has 2 heterocycles. The third kappa shape index (κ3) is 3.99. The molecule has 174 valence electrons. The number of allylic oxidation sites excluding steroid dienone is 3. The molecule has 2 aliphatic rings. The second kappa shape index (κ2) is 8.84. The Kier molecular flexibility index (Phi) is 6.07. The molecule has 1 aromatic heterocycles. The molecule has 9 heteroatoms. The van der Waals surface area contributed by atoms with Crippen LogP contribution < -0.4 is 15.9 Å². The maximum Gasteiger partial charge on any atom is 0.273 e. The summed E-state index contributed by atoms with van der Waals surface area (Å²) in [6.07, 6.45) is 2.23. The van der Waals surface area contributed by atoms with Crippen molar-refractivity contribution < 1.29 is 14.3 Å². The van der Waals surface area contributed by atoms with Crippen LogP contribution in [0.3, 0.4) is 0 Å². The Morgan fingerprint density at radius 1 is 1.29 bits per heavy atom. The van der Waals surface area contributed by atoms with Crippen LogP contribution in [-0.4, -0.2) is 28.8 Å². The van der Waals surface area contributed by atoms with Crippen LogP contribution in [0.5, 0.6) is 5.75 Å². The highest BCUT2D eigenvalue weighted by Gasteiger charge is 2.45. The number of nitrogens with zero attached hydrogens (tertiary/aromatic N) is 3. The highest BCUT2D eigenvalue weighted by molar-refractivity contribution is 6.32. The summed E-state index contributed by atoms with van der Waals surface area (Å²) in [7, 11) is 1.53. The number of para-hydroxylation sites is 1. The van der Waals surface area contributed by atoms with Crippen LogP contribution in [0.25, 0.3) is 0 Å². The maximum absolute atomic E-state index is 13.5. The molecule has 1 aromatic carbocycles. The van der Waals surface area contributed by atoms with Crippen LogP contribution in [0.2, 0.25) is 5.15 Å². The third-order valence-electron chi connectivity index (χ3n) is 6.05. The van der Waals surface area contributed by atoms with Gasteiger partial charge in [-0.15, -0.1) is 0 Å². The van der Waals surface area contributed by atoms with Crippen LogP contribution in [0.15, 0.2) is 65.3 Å². The summed E-state index contributed by atoms with van der Waals surface area (Å²) in [6, 6.07) is 12.5. The molecule has 2 aromatic rings. The number of hydrazine groups is 1. The van der Waals surface area contributed by atoms with Crippen molar-refractivity contribution in [3.8, 4) is 11.8 Å². The lowest BCUT2D eigenvalue weighted by molar-refractivity contribution is -0.118. The van der Waals surface area contributed by atoms with Crippen LogP contribution in [0.4, 0.5) is 0 Å². The largest absolute Gasteiger partial charge is 0.496 e. The highest BCUT2D eigenvalue weighted by atomic mass is 35.5. The molecule has 1 amide bonds. The van der Waals surface area contributed by atoms with Crippen molar-refractivity contribution in [2.45, 2.75) is 32.6 Å². The van der Waals surface area contributed by atoms with E-state index in [1.165, 1.54) is 24.4 Å². The molecule has 8 nitrogen and oxygen atoms in total. The van der Waals surface area contributed by atoms with Gasteiger partial charge in [-0.3, -0.25) is 15.0 Å². The zero-order valence-electron chi connectivity index (χ0n) is 19.1. The first-order chi connectivity index (χ1) is 16.2. The SMILES string of the molecule is COc1ccccc1C1C(C#N)=C(N)N(NC(=O)c2cccnc2Cl)C2=C1C(=O)CC(C)(C)C2. The second-order valence-electron chi connectivity index (χ2n) is 9.01. The standard InChI is InChI=1S/C25H24ClN5O3/c1-25(2)11-17-21(18(32)12-25)20(14-7-4-5-9-19(14)34-3)16(13-27)23(28)31(17)30-24(33)15-8-6-10-29-22(15)26/h4-10,20H,11-12,28H2,1-3H3,(H,30,33). The number of pyridine rings is 1. The van der Waals surface area contributed by atoms with E-state index in [4.69, 9.17) is 22.1 Å². The Hall–Kier alpha value is -3.83. The molecule has 0 saturated carbocycles. The first-order valence-corrected chi connectivity index (χ1v) is 11.1. The van der Waals surface area contributed by atoms with E-state index in [0.717, 1.165) is 0 Å². The Morgan fingerprint density at radius 2 is 2.03 bits per heavy atom. The number of nitriles is 1. The van der Waals surface area contributed by atoms with Crippen molar-refractivity contribution in [3.05, 3.63) is 81.5 Å². The van der Waals surface area contributed by atoms with Crippen LogP contribution in [0, 0.1) is 16.7 Å². The number of methoxy groups -OCH3 is 1. The molecule has 0 bridgehead atoms. The molecular formula is C25H24ClN5O3. The van der Waals surface area contributed by atoms with Gasteiger partial charge in [-0.2, -0.15) is 5.26 Å². The average Bonchev–Trinajstić information content (AvgIpc) is 2.80. The van der Waals surface area contributed by atoms with Gasteiger partial charge in [0.2, 0.25) is 0 Å². The number of halogens is 1. The smallest absolute Gasteiger partial charge is 0.273 e. The molecule has 0 saturated heterocycles. The Morgan fingerprint density at radius 3 is 2.71 bits per heavy atom. The van der Waals surface area contributed by atoms with Gasteiger partial charge >= 0.3 is 0 Å². The minimum atomic E-state index is -0.713. The first kappa shape index (κ1) is 23.3. The number of nitrogens with one attached hydrogen (secondary N) is 1. The van der Waals surface area contributed by atoms with Gasteiger partial charge in [-0.05, 0) is 30.0 Å². The number of Topliss-reactive ketones (excluding diaryl/α,β-unsaturated/α-hetero) is 1. The molecule has 1 atom stereocenters. The van der Waals surface area contributed by atoms with E-state index in [1.807, 2.05) is 32.0 Å². The highest BCUT2D eigenvalue weighted by Crippen LogP contribution is 2.49. The zero-order valence-corrected chi connectivity index (χ0v) is 19.8. The number of carbonyl (C=O) groups is 2. The quantitative estimate of drug-likeness (QED) is 0.642. The molecular weight excluding hydrogens is 454 g/mol. The summed E-state index contributed by atoms with van der Waals surface area (Å²) in [6.45, 7) is 3.95. The van der Waals surface area contributed by atoms with Gasteiger partial charge in [0.15, 0.2) is 5.78 Å². The van der Waals surface area contributed by atoms with Crippen LogP contribution >= 0.6 is 11.6 Å². The molecule has 1 unspecified atom stereocenters. The first-order valence-electron chi connectivity index (χ1n) is 10.7. The summed E-state index contributed by atoms with van der Waals surface area (Å²) < 4.78 is 5.53. The van der Waals surface area contributed by atoms with Gasteiger partial charge in [-0.25, -0.2) is 9.99 Å². The van der Waals surface area contributed by atoms with E-state index in [0.29, 0.717) is 35.4 Å². The number of carbonyl (C=O) groups excluding carboxylic acids is 2. The van der Waals surface area contributed by atoms with E-state index in [9.17, 15) is 14.9 Å². The summed E-state index contributed by atoms with van der Waals surface area (Å²) in [4.78, 5) is 30.5. The van der Waals surface area contributed by atoms with Gasteiger partial charge in [0, 0.05) is 23.8 Å². The van der Waals surface area contributed by atoms with Crippen molar-refractivity contribution in [3.63, 3.8) is 0 Å². The van der Waals surface area contributed by atoms with Gasteiger partial charge in [0.05, 0.1) is 35.9 Å². The van der Waals surface area contributed by atoms with Gasteiger partial charge in [0.25, 0.3) is 5.91 Å². The van der Waals surface area contributed by atoms with Crippen molar-refractivity contribution in [2.24, 2.45) is 11.1 Å². The number of amides is 1. The van der Waals surface area contributed by atoms with Crippen molar-refractivity contribution in [2.75, 3.05) is 7.11 Å². The fourth-order valence-electron chi connectivity index (χ4n) is 4.57.